The molecule has 0 amide bonds. The van der Waals surface area contributed by atoms with Crippen molar-refractivity contribution in [3.63, 3.8) is 0 Å². The van der Waals surface area contributed by atoms with Crippen molar-refractivity contribution in [1.82, 2.24) is 5.32 Å². The Morgan fingerprint density at radius 2 is 1.70 bits per heavy atom. The molecule has 6 nitrogen and oxygen atoms in total. The molecule has 2 aromatic rings. The molecule has 1 aliphatic rings. The molecule has 0 saturated heterocycles. The van der Waals surface area contributed by atoms with Crippen LogP contribution in [0, 0.1) is 10.1 Å². The van der Waals surface area contributed by atoms with Gasteiger partial charge in [-0.2, -0.15) is 0 Å². The molecule has 1 aliphatic carbocycles. The molecular formula is C21H26N2O4. The van der Waals surface area contributed by atoms with Crippen LogP contribution in [0.5, 0.6) is 11.5 Å². The van der Waals surface area contributed by atoms with Crippen molar-refractivity contribution in [2.45, 2.75) is 37.6 Å². The monoisotopic (exact) mass is 370 g/mol. The van der Waals surface area contributed by atoms with E-state index in [2.05, 4.69) is 17.4 Å². The van der Waals surface area contributed by atoms with Gasteiger partial charge in [-0.3, -0.25) is 10.1 Å². The minimum atomic E-state index is -0.373. The molecule has 2 aromatic carbocycles. The second-order valence-corrected chi connectivity index (χ2v) is 7.08. The molecule has 0 radical (unpaired) electrons. The van der Waals surface area contributed by atoms with Crippen molar-refractivity contribution in [2.24, 2.45) is 0 Å². The van der Waals surface area contributed by atoms with Crippen molar-refractivity contribution in [3.8, 4) is 11.5 Å². The fourth-order valence-corrected chi connectivity index (χ4v) is 3.97. The van der Waals surface area contributed by atoms with E-state index in [0.717, 1.165) is 36.4 Å². The number of rotatable bonds is 8. The van der Waals surface area contributed by atoms with E-state index in [1.807, 2.05) is 18.2 Å². The Morgan fingerprint density at radius 3 is 2.30 bits per heavy atom. The standard InChI is InChI=1S/C21H26N2O4/c1-26-19-10-7-17(13-20(19)27-2)21(11-3-4-12-21)15-22-14-16-5-8-18(9-6-16)23(24)25/h5-10,13,22H,3-4,11-12,14-15H2,1-2H3. The number of hydrogen-bond acceptors (Lipinski definition) is 5. The first-order chi connectivity index (χ1) is 13.1. The third kappa shape index (κ3) is 4.22. The van der Waals surface area contributed by atoms with Crippen LogP contribution in [0.2, 0.25) is 0 Å². The lowest BCUT2D eigenvalue weighted by atomic mass is 9.78. The SMILES string of the molecule is COc1ccc(C2(CNCc3ccc([N+](=O)[O-])cc3)CCCC2)cc1OC. The van der Waals surface area contributed by atoms with Gasteiger partial charge in [-0.15, -0.1) is 0 Å². The molecule has 1 N–H and O–H groups in total. The lowest BCUT2D eigenvalue weighted by Gasteiger charge is -2.31. The summed E-state index contributed by atoms with van der Waals surface area (Å²) in [4.78, 5) is 10.4. The minimum Gasteiger partial charge on any atom is -0.493 e. The Labute approximate surface area is 159 Å². The molecule has 0 atom stereocenters. The molecule has 0 aromatic heterocycles. The summed E-state index contributed by atoms with van der Waals surface area (Å²) >= 11 is 0. The zero-order valence-corrected chi connectivity index (χ0v) is 15.9. The van der Waals surface area contributed by atoms with Gasteiger partial charge in [0.25, 0.3) is 5.69 Å². The third-order valence-corrected chi connectivity index (χ3v) is 5.50. The minimum absolute atomic E-state index is 0.0837. The quantitative estimate of drug-likeness (QED) is 0.556. The summed E-state index contributed by atoms with van der Waals surface area (Å²) in [6.45, 7) is 1.55. The summed E-state index contributed by atoms with van der Waals surface area (Å²) in [5, 5.41) is 14.3. The summed E-state index contributed by atoms with van der Waals surface area (Å²) in [7, 11) is 3.31. The lowest BCUT2D eigenvalue weighted by molar-refractivity contribution is -0.384. The molecule has 1 fully saturated rings. The van der Waals surface area contributed by atoms with Gasteiger partial charge in [-0.1, -0.05) is 31.0 Å². The summed E-state index contributed by atoms with van der Waals surface area (Å²) in [6.07, 6.45) is 4.70. The lowest BCUT2D eigenvalue weighted by Crippen LogP contribution is -2.35. The van der Waals surface area contributed by atoms with Crippen molar-refractivity contribution < 1.29 is 14.4 Å². The topological polar surface area (TPSA) is 73.6 Å². The molecule has 0 heterocycles. The fourth-order valence-electron chi connectivity index (χ4n) is 3.97. The first-order valence-corrected chi connectivity index (χ1v) is 9.24. The molecular weight excluding hydrogens is 344 g/mol. The van der Waals surface area contributed by atoms with Crippen molar-refractivity contribution in [1.29, 1.82) is 0 Å². The Morgan fingerprint density at radius 1 is 1.04 bits per heavy atom. The van der Waals surface area contributed by atoms with E-state index in [-0.39, 0.29) is 16.0 Å². The van der Waals surface area contributed by atoms with E-state index >= 15 is 0 Å². The normalized spacial score (nSPS) is 15.5. The summed E-state index contributed by atoms with van der Waals surface area (Å²) < 4.78 is 10.8. The smallest absolute Gasteiger partial charge is 0.269 e. The van der Waals surface area contributed by atoms with Crippen molar-refractivity contribution in [3.05, 3.63) is 63.7 Å². The van der Waals surface area contributed by atoms with Gasteiger partial charge >= 0.3 is 0 Å². The fraction of sp³-hybridized carbons (Fsp3) is 0.429. The van der Waals surface area contributed by atoms with Gasteiger partial charge in [-0.25, -0.2) is 0 Å². The van der Waals surface area contributed by atoms with Crippen LogP contribution < -0.4 is 14.8 Å². The highest BCUT2D eigenvalue weighted by molar-refractivity contribution is 5.45. The molecule has 6 heteroatoms. The van der Waals surface area contributed by atoms with Crippen LogP contribution in [-0.2, 0) is 12.0 Å². The largest absolute Gasteiger partial charge is 0.493 e. The molecule has 27 heavy (non-hydrogen) atoms. The van der Waals surface area contributed by atoms with Crippen LogP contribution in [0.15, 0.2) is 42.5 Å². The van der Waals surface area contributed by atoms with E-state index in [1.54, 1.807) is 26.4 Å². The second kappa shape index (κ2) is 8.39. The highest BCUT2D eigenvalue weighted by atomic mass is 16.6. The van der Waals surface area contributed by atoms with Crippen molar-refractivity contribution in [2.75, 3.05) is 20.8 Å². The number of ether oxygens (including phenoxy) is 2. The zero-order valence-electron chi connectivity index (χ0n) is 15.9. The van der Waals surface area contributed by atoms with Gasteiger partial charge in [0.15, 0.2) is 11.5 Å². The number of nitrogens with zero attached hydrogens (tertiary/aromatic N) is 1. The molecule has 0 spiro atoms. The maximum Gasteiger partial charge on any atom is 0.269 e. The van der Waals surface area contributed by atoms with E-state index in [4.69, 9.17) is 9.47 Å². The van der Waals surface area contributed by atoms with E-state index in [1.165, 1.54) is 18.4 Å². The van der Waals surface area contributed by atoms with Crippen LogP contribution in [0.1, 0.15) is 36.8 Å². The Kier molecular flexibility index (Phi) is 5.96. The number of benzene rings is 2. The van der Waals surface area contributed by atoms with Crippen LogP contribution in [0.4, 0.5) is 5.69 Å². The van der Waals surface area contributed by atoms with E-state index in [0.29, 0.717) is 6.54 Å². The van der Waals surface area contributed by atoms with Crippen LogP contribution in [0.25, 0.3) is 0 Å². The zero-order chi connectivity index (χ0) is 19.3. The molecule has 1 saturated carbocycles. The molecule has 0 aliphatic heterocycles. The summed E-state index contributed by atoms with van der Waals surface area (Å²) in [5.74, 6) is 1.50. The van der Waals surface area contributed by atoms with Gasteiger partial charge in [0.05, 0.1) is 19.1 Å². The molecule has 0 bridgehead atoms. The summed E-state index contributed by atoms with van der Waals surface area (Å²) in [6, 6.07) is 12.9. The van der Waals surface area contributed by atoms with Crippen LogP contribution in [-0.4, -0.2) is 25.7 Å². The van der Waals surface area contributed by atoms with Gasteiger partial charge in [0.1, 0.15) is 0 Å². The Hall–Kier alpha value is -2.60. The van der Waals surface area contributed by atoms with Gasteiger partial charge in [0.2, 0.25) is 0 Å². The Bertz CT molecular complexity index is 783. The van der Waals surface area contributed by atoms with Gasteiger partial charge in [0, 0.05) is 30.6 Å². The Balaban J connectivity index is 1.71. The molecule has 144 valence electrons. The second-order valence-electron chi connectivity index (χ2n) is 7.08. The number of nitrogens with one attached hydrogen (secondary N) is 1. The summed E-state index contributed by atoms with van der Waals surface area (Å²) in [5.41, 5.74) is 2.52. The van der Waals surface area contributed by atoms with Crippen LogP contribution >= 0.6 is 0 Å². The van der Waals surface area contributed by atoms with E-state index in [9.17, 15) is 10.1 Å². The molecule has 3 rings (SSSR count). The first-order valence-electron chi connectivity index (χ1n) is 9.24. The number of methoxy groups -OCH3 is 2. The maximum atomic E-state index is 10.8. The number of non-ortho nitro benzene ring substituents is 1. The predicted octanol–water partition coefficient (Wildman–Crippen LogP) is 4.21. The molecule has 0 unspecified atom stereocenters. The maximum absolute atomic E-state index is 10.8. The highest BCUT2D eigenvalue weighted by Gasteiger charge is 2.35. The average molecular weight is 370 g/mol. The first kappa shape index (κ1) is 19.2. The van der Waals surface area contributed by atoms with Crippen LogP contribution in [0.3, 0.4) is 0 Å². The van der Waals surface area contributed by atoms with E-state index < -0.39 is 0 Å². The van der Waals surface area contributed by atoms with Crippen molar-refractivity contribution >= 4 is 5.69 Å². The average Bonchev–Trinajstić information content (AvgIpc) is 3.18. The highest BCUT2D eigenvalue weighted by Crippen LogP contribution is 2.43. The van der Waals surface area contributed by atoms with Gasteiger partial charge in [-0.05, 0) is 36.1 Å². The number of nitro benzene ring substituents is 1. The predicted molar refractivity (Wildman–Crippen MR) is 104 cm³/mol. The number of nitro groups is 1. The number of hydrogen-bond donors (Lipinski definition) is 1. The van der Waals surface area contributed by atoms with Gasteiger partial charge < -0.3 is 14.8 Å². The third-order valence-electron chi connectivity index (χ3n) is 5.50.